The maximum Gasteiger partial charge on any atom is 0 e. The van der Waals surface area contributed by atoms with Crippen molar-refractivity contribution in [1.29, 1.82) is 0 Å². The van der Waals surface area contributed by atoms with E-state index in [1.165, 1.54) is 11.1 Å². The maximum absolute atomic E-state index is 2.20. The van der Waals surface area contributed by atoms with E-state index in [0.29, 0.717) is 11.8 Å². The standard InChI is InChI=1S/2C8H11.Y/c2*1-7(2)8-5-3-4-6-8;/h2*3-7H,1-2H3;/q2*-1;. The molecule has 0 fully saturated rings. The first-order chi connectivity index (χ1) is 7.61. The summed E-state index contributed by atoms with van der Waals surface area (Å²) in [5.41, 5.74) is 2.87. The molecule has 2 rings (SSSR count). The van der Waals surface area contributed by atoms with Gasteiger partial charge in [0, 0.05) is 32.7 Å². The quantitative estimate of drug-likeness (QED) is 0.681. The normalized spacial score (nSPS) is 9.76. The summed E-state index contributed by atoms with van der Waals surface area (Å²) in [5, 5.41) is 0. The zero-order chi connectivity index (χ0) is 12.0. The summed E-state index contributed by atoms with van der Waals surface area (Å²) in [4.78, 5) is 0. The molecule has 1 radical (unpaired) electrons. The number of hydrogen-bond donors (Lipinski definition) is 0. The molecular formula is C16H22Y-2. The van der Waals surface area contributed by atoms with Crippen LogP contribution in [0.2, 0.25) is 0 Å². The molecule has 0 atom stereocenters. The molecule has 0 amide bonds. The first-order valence-electron chi connectivity index (χ1n) is 6.04. The van der Waals surface area contributed by atoms with E-state index >= 15 is 0 Å². The first kappa shape index (κ1) is 16.8. The Labute approximate surface area is 131 Å². The van der Waals surface area contributed by atoms with Gasteiger partial charge in [-0.3, -0.25) is 0 Å². The van der Waals surface area contributed by atoms with Crippen LogP contribution < -0.4 is 0 Å². The second-order valence-electron chi connectivity index (χ2n) is 4.75. The van der Waals surface area contributed by atoms with E-state index in [-0.39, 0.29) is 32.7 Å². The molecule has 0 bridgehead atoms. The zero-order valence-corrected chi connectivity index (χ0v) is 14.2. The molecule has 0 unspecified atom stereocenters. The Hall–Kier alpha value is -0.196. The maximum atomic E-state index is 2.20. The van der Waals surface area contributed by atoms with Crippen molar-refractivity contribution in [2.75, 3.05) is 0 Å². The summed E-state index contributed by atoms with van der Waals surface area (Å²) >= 11 is 0. The molecule has 17 heavy (non-hydrogen) atoms. The molecule has 0 heterocycles. The van der Waals surface area contributed by atoms with Gasteiger partial charge in [0.25, 0.3) is 0 Å². The van der Waals surface area contributed by atoms with Crippen LogP contribution in [-0.2, 0) is 32.7 Å². The molecule has 1 heteroatoms. The van der Waals surface area contributed by atoms with E-state index in [0.717, 1.165) is 0 Å². The van der Waals surface area contributed by atoms with Crippen LogP contribution in [0.4, 0.5) is 0 Å². The number of rotatable bonds is 2. The van der Waals surface area contributed by atoms with Crippen molar-refractivity contribution >= 4 is 0 Å². The number of hydrogen-bond acceptors (Lipinski definition) is 0. The van der Waals surface area contributed by atoms with E-state index in [4.69, 9.17) is 0 Å². The van der Waals surface area contributed by atoms with E-state index in [1.807, 2.05) is 0 Å². The summed E-state index contributed by atoms with van der Waals surface area (Å²) in [6.07, 6.45) is 0. The smallest absolute Gasteiger partial charge is 0 e. The van der Waals surface area contributed by atoms with Crippen molar-refractivity contribution in [2.45, 2.75) is 39.5 Å². The average molecular weight is 303 g/mol. The van der Waals surface area contributed by atoms with E-state index in [1.54, 1.807) is 0 Å². The summed E-state index contributed by atoms with van der Waals surface area (Å²) in [5.74, 6) is 1.37. The SMILES string of the molecule is CC(C)[c-]1cccc1.CC(C)[c-]1cccc1.[Y]. The van der Waals surface area contributed by atoms with Gasteiger partial charge in [-0.15, -0.1) is 0 Å². The minimum atomic E-state index is 0. The minimum absolute atomic E-state index is 0. The van der Waals surface area contributed by atoms with Crippen LogP contribution in [0.1, 0.15) is 50.7 Å². The Morgan fingerprint density at radius 1 is 0.588 bits per heavy atom. The molecule has 0 aliphatic rings. The van der Waals surface area contributed by atoms with Crippen molar-refractivity contribution in [1.82, 2.24) is 0 Å². The summed E-state index contributed by atoms with van der Waals surface area (Å²) in [6, 6.07) is 16.9. The average Bonchev–Trinajstić information content (AvgIpc) is 2.93. The van der Waals surface area contributed by atoms with Gasteiger partial charge >= 0.3 is 0 Å². The van der Waals surface area contributed by atoms with Crippen LogP contribution in [0.15, 0.2) is 48.5 Å². The Bertz CT molecular complexity index is 314. The Kier molecular flexibility index (Phi) is 8.73. The predicted octanol–water partition coefficient (Wildman–Crippen LogP) is 5.06. The van der Waals surface area contributed by atoms with Crippen LogP contribution in [0.3, 0.4) is 0 Å². The fourth-order valence-electron chi connectivity index (χ4n) is 1.55. The van der Waals surface area contributed by atoms with Gasteiger partial charge in [-0.1, -0.05) is 39.5 Å². The van der Waals surface area contributed by atoms with Gasteiger partial charge in [0.05, 0.1) is 0 Å². The third kappa shape index (κ3) is 6.33. The molecule has 0 saturated carbocycles. The van der Waals surface area contributed by atoms with Gasteiger partial charge in [0.15, 0.2) is 0 Å². The summed E-state index contributed by atoms with van der Waals surface area (Å²) in [7, 11) is 0. The molecule has 0 spiro atoms. The first-order valence-corrected chi connectivity index (χ1v) is 6.04. The van der Waals surface area contributed by atoms with Crippen molar-refractivity contribution < 1.29 is 32.7 Å². The van der Waals surface area contributed by atoms with Gasteiger partial charge in [-0.05, 0) is 0 Å². The van der Waals surface area contributed by atoms with Crippen molar-refractivity contribution in [2.24, 2.45) is 0 Å². The molecule has 0 saturated heterocycles. The van der Waals surface area contributed by atoms with Gasteiger partial charge < -0.3 is 0 Å². The van der Waals surface area contributed by atoms with Gasteiger partial charge in [0.2, 0.25) is 0 Å². The molecule has 0 aromatic heterocycles. The second-order valence-corrected chi connectivity index (χ2v) is 4.75. The van der Waals surface area contributed by atoms with Gasteiger partial charge in [-0.25, -0.2) is 24.3 Å². The fourth-order valence-corrected chi connectivity index (χ4v) is 1.55. The van der Waals surface area contributed by atoms with Gasteiger partial charge in [-0.2, -0.15) is 35.4 Å². The van der Waals surface area contributed by atoms with Crippen LogP contribution >= 0.6 is 0 Å². The molecule has 91 valence electrons. The largest absolute Gasteiger partial charge is 0.213 e. The molecule has 2 aromatic rings. The molecular weight excluding hydrogens is 281 g/mol. The Balaban J connectivity index is 0.000000284. The van der Waals surface area contributed by atoms with Crippen LogP contribution in [0, 0.1) is 0 Å². The van der Waals surface area contributed by atoms with Crippen LogP contribution in [0.5, 0.6) is 0 Å². The second kappa shape index (κ2) is 8.83. The Morgan fingerprint density at radius 3 is 0.941 bits per heavy atom. The third-order valence-corrected chi connectivity index (χ3v) is 2.71. The fraction of sp³-hybridized carbons (Fsp3) is 0.375. The molecule has 0 aliphatic heterocycles. The van der Waals surface area contributed by atoms with Gasteiger partial charge in [0.1, 0.15) is 0 Å². The van der Waals surface area contributed by atoms with Crippen molar-refractivity contribution in [3.05, 3.63) is 59.7 Å². The molecule has 0 N–H and O–H groups in total. The minimum Gasteiger partial charge on any atom is -0.213 e. The molecule has 0 aliphatic carbocycles. The van der Waals surface area contributed by atoms with Crippen molar-refractivity contribution in [3.8, 4) is 0 Å². The monoisotopic (exact) mass is 303 g/mol. The van der Waals surface area contributed by atoms with E-state index in [2.05, 4.69) is 76.2 Å². The predicted molar refractivity (Wildman–Crippen MR) is 72.2 cm³/mol. The van der Waals surface area contributed by atoms with E-state index in [9.17, 15) is 0 Å². The Morgan fingerprint density at radius 2 is 0.824 bits per heavy atom. The van der Waals surface area contributed by atoms with Crippen LogP contribution in [-0.4, -0.2) is 0 Å². The molecule has 0 nitrogen and oxygen atoms in total. The topological polar surface area (TPSA) is 0 Å². The van der Waals surface area contributed by atoms with E-state index < -0.39 is 0 Å². The van der Waals surface area contributed by atoms with Crippen LogP contribution in [0.25, 0.3) is 0 Å². The molecule has 2 aromatic carbocycles. The summed E-state index contributed by atoms with van der Waals surface area (Å²) < 4.78 is 0. The summed E-state index contributed by atoms with van der Waals surface area (Å²) in [6.45, 7) is 8.81. The third-order valence-electron chi connectivity index (χ3n) is 2.71. The van der Waals surface area contributed by atoms with Crippen molar-refractivity contribution in [3.63, 3.8) is 0 Å². The zero-order valence-electron chi connectivity index (χ0n) is 11.4.